The third-order valence-corrected chi connectivity index (χ3v) is 2.82. The van der Waals surface area contributed by atoms with Gasteiger partial charge < -0.3 is 9.64 Å². The Morgan fingerprint density at radius 1 is 1.27 bits per heavy atom. The van der Waals surface area contributed by atoms with Crippen LogP contribution in [0.1, 0.15) is 39.5 Å². The van der Waals surface area contributed by atoms with E-state index in [1.807, 2.05) is 6.92 Å². The summed E-state index contributed by atoms with van der Waals surface area (Å²) in [7, 11) is 0. The number of rotatable bonds is 3. The van der Waals surface area contributed by atoms with Crippen molar-refractivity contribution in [2.24, 2.45) is 0 Å². The Morgan fingerprint density at radius 2 is 1.87 bits per heavy atom. The van der Waals surface area contributed by atoms with Crippen LogP contribution in [0.2, 0.25) is 0 Å². The summed E-state index contributed by atoms with van der Waals surface area (Å²) in [4.78, 5) is 24.6. The monoisotopic (exact) mass is 213 g/mol. The Morgan fingerprint density at radius 3 is 2.33 bits per heavy atom. The third kappa shape index (κ3) is 2.94. The molecule has 15 heavy (non-hydrogen) atoms. The van der Waals surface area contributed by atoms with E-state index in [4.69, 9.17) is 4.74 Å². The summed E-state index contributed by atoms with van der Waals surface area (Å²) in [6.07, 6.45) is 4.33. The minimum absolute atomic E-state index is 0.243. The molecule has 1 aliphatic rings. The van der Waals surface area contributed by atoms with E-state index in [9.17, 15) is 9.59 Å². The molecule has 0 aromatic heterocycles. The Balaban J connectivity index is 2.56. The number of ether oxygens (including phenoxy) is 1. The zero-order chi connectivity index (χ0) is 11.3. The molecule has 0 saturated heterocycles. The zero-order valence-electron chi connectivity index (χ0n) is 9.49. The normalized spacial score (nSPS) is 16.4. The summed E-state index contributed by atoms with van der Waals surface area (Å²) in [5, 5.41) is 0. The number of amides is 1. The molecule has 1 amide bonds. The van der Waals surface area contributed by atoms with Gasteiger partial charge in [-0.05, 0) is 26.7 Å². The van der Waals surface area contributed by atoms with Gasteiger partial charge >= 0.3 is 11.9 Å². The fourth-order valence-corrected chi connectivity index (χ4v) is 2.09. The molecule has 0 spiro atoms. The van der Waals surface area contributed by atoms with E-state index < -0.39 is 11.9 Å². The molecule has 0 atom stereocenters. The lowest BCUT2D eigenvalue weighted by atomic mass is 10.2. The maximum atomic E-state index is 11.7. The molecule has 1 rings (SSSR count). The average molecular weight is 213 g/mol. The van der Waals surface area contributed by atoms with E-state index in [-0.39, 0.29) is 12.6 Å². The first-order chi connectivity index (χ1) is 7.20. The number of likely N-dealkylation sites (N-methyl/N-ethyl adjacent to an activating group) is 1. The van der Waals surface area contributed by atoms with Gasteiger partial charge in [0.15, 0.2) is 0 Å². The summed E-state index contributed by atoms with van der Waals surface area (Å²) in [6, 6.07) is 0.243. The van der Waals surface area contributed by atoms with Crippen molar-refractivity contribution in [3.63, 3.8) is 0 Å². The molecular formula is C11H19NO3. The van der Waals surface area contributed by atoms with Crippen LogP contribution in [0.15, 0.2) is 0 Å². The molecule has 1 aliphatic carbocycles. The first-order valence-corrected chi connectivity index (χ1v) is 5.68. The average Bonchev–Trinajstić information content (AvgIpc) is 2.72. The lowest BCUT2D eigenvalue weighted by Gasteiger charge is -2.26. The molecule has 0 aliphatic heterocycles. The van der Waals surface area contributed by atoms with Crippen molar-refractivity contribution >= 4 is 11.9 Å². The molecule has 0 unspecified atom stereocenters. The van der Waals surface area contributed by atoms with Crippen molar-refractivity contribution in [3.05, 3.63) is 0 Å². The predicted molar refractivity (Wildman–Crippen MR) is 56.3 cm³/mol. The van der Waals surface area contributed by atoms with Gasteiger partial charge in [-0.2, -0.15) is 0 Å². The van der Waals surface area contributed by atoms with Crippen molar-refractivity contribution in [1.29, 1.82) is 0 Å². The van der Waals surface area contributed by atoms with Crippen LogP contribution in [-0.4, -0.2) is 36.0 Å². The fraction of sp³-hybridized carbons (Fsp3) is 0.818. The van der Waals surface area contributed by atoms with Crippen LogP contribution in [0, 0.1) is 0 Å². The van der Waals surface area contributed by atoms with E-state index >= 15 is 0 Å². The quantitative estimate of drug-likeness (QED) is 0.525. The second kappa shape index (κ2) is 5.73. The van der Waals surface area contributed by atoms with Gasteiger partial charge in [-0.15, -0.1) is 0 Å². The van der Waals surface area contributed by atoms with Crippen LogP contribution in [-0.2, 0) is 14.3 Å². The highest BCUT2D eigenvalue weighted by atomic mass is 16.5. The van der Waals surface area contributed by atoms with Gasteiger partial charge in [-0.25, -0.2) is 4.79 Å². The minimum Gasteiger partial charge on any atom is -0.459 e. The maximum absolute atomic E-state index is 11.7. The predicted octanol–water partition coefficient (Wildman–Crippen LogP) is 1.34. The molecule has 0 aromatic rings. The molecule has 0 N–H and O–H groups in total. The lowest BCUT2D eigenvalue weighted by molar-refractivity contribution is -0.160. The van der Waals surface area contributed by atoms with Crippen LogP contribution >= 0.6 is 0 Å². The second-order valence-electron chi connectivity index (χ2n) is 3.75. The molecule has 1 saturated carbocycles. The van der Waals surface area contributed by atoms with Gasteiger partial charge in [-0.1, -0.05) is 12.8 Å². The van der Waals surface area contributed by atoms with E-state index in [1.54, 1.807) is 11.8 Å². The number of nitrogens with zero attached hydrogens (tertiary/aromatic N) is 1. The molecule has 1 fully saturated rings. The molecule has 86 valence electrons. The molecule has 4 nitrogen and oxygen atoms in total. The van der Waals surface area contributed by atoms with Crippen LogP contribution < -0.4 is 0 Å². The number of hydrogen-bond acceptors (Lipinski definition) is 3. The van der Waals surface area contributed by atoms with Crippen LogP contribution in [0.5, 0.6) is 0 Å². The molecule has 4 heteroatoms. The first-order valence-electron chi connectivity index (χ1n) is 5.68. The fourth-order valence-electron chi connectivity index (χ4n) is 2.09. The number of esters is 1. The number of carbonyl (C=O) groups is 2. The highest BCUT2D eigenvalue weighted by Crippen LogP contribution is 2.23. The summed E-state index contributed by atoms with van der Waals surface area (Å²) in [5.74, 6) is -1.20. The van der Waals surface area contributed by atoms with Crippen LogP contribution in [0.25, 0.3) is 0 Å². The van der Waals surface area contributed by atoms with Crippen LogP contribution in [0.3, 0.4) is 0 Å². The van der Waals surface area contributed by atoms with Gasteiger partial charge in [0, 0.05) is 12.6 Å². The van der Waals surface area contributed by atoms with Crippen molar-refractivity contribution in [3.8, 4) is 0 Å². The highest BCUT2D eigenvalue weighted by molar-refractivity contribution is 6.32. The van der Waals surface area contributed by atoms with Gasteiger partial charge in [0.05, 0.1) is 6.61 Å². The summed E-state index contributed by atoms with van der Waals surface area (Å²) < 4.78 is 4.72. The minimum atomic E-state index is -0.716. The summed E-state index contributed by atoms with van der Waals surface area (Å²) >= 11 is 0. The van der Waals surface area contributed by atoms with E-state index in [0.29, 0.717) is 6.54 Å². The van der Waals surface area contributed by atoms with Gasteiger partial charge in [0.1, 0.15) is 0 Å². The SMILES string of the molecule is CCOC(=O)C(=O)N(CC)C1CCCC1. The number of carbonyl (C=O) groups excluding carboxylic acids is 2. The Kier molecular flexibility index (Phi) is 4.59. The lowest BCUT2D eigenvalue weighted by Crippen LogP contribution is -2.43. The Labute approximate surface area is 90.6 Å². The summed E-state index contributed by atoms with van der Waals surface area (Å²) in [5.41, 5.74) is 0. The van der Waals surface area contributed by atoms with E-state index in [0.717, 1.165) is 25.7 Å². The van der Waals surface area contributed by atoms with Gasteiger partial charge in [0.2, 0.25) is 0 Å². The molecule has 0 bridgehead atoms. The van der Waals surface area contributed by atoms with Crippen molar-refractivity contribution in [2.45, 2.75) is 45.6 Å². The van der Waals surface area contributed by atoms with E-state index in [1.165, 1.54) is 0 Å². The molecule has 0 heterocycles. The number of hydrogen-bond donors (Lipinski definition) is 0. The van der Waals surface area contributed by atoms with Crippen molar-refractivity contribution < 1.29 is 14.3 Å². The first kappa shape index (κ1) is 12.0. The topological polar surface area (TPSA) is 46.6 Å². The third-order valence-electron chi connectivity index (χ3n) is 2.82. The van der Waals surface area contributed by atoms with Crippen molar-refractivity contribution in [1.82, 2.24) is 4.90 Å². The van der Waals surface area contributed by atoms with Gasteiger partial charge in [0.25, 0.3) is 0 Å². The van der Waals surface area contributed by atoms with Crippen LogP contribution in [0.4, 0.5) is 0 Å². The maximum Gasteiger partial charge on any atom is 0.397 e. The van der Waals surface area contributed by atoms with Crippen molar-refractivity contribution in [2.75, 3.05) is 13.2 Å². The molecular weight excluding hydrogens is 194 g/mol. The van der Waals surface area contributed by atoms with E-state index in [2.05, 4.69) is 0 Å². The zero-order valence-corrected chi connectivity index (χ0v) is 9.49. The second-order valence-corrected chi connectivity index (χ2v) is 3.75. The molecule has 0 radical (unpaired) electrons. The summed E-state index contributed by atoms with van der Waals surface area (Å²) in [6.45, 7) is 4.45. The standard InChI is InChI=1S/C11H19NO3/c1-3-12(9-7-5-6-8-9)10(13)11(14)15-4-2/h9H,3-8H2,1-2H3. The Bertz CT molecular complexity index is 234. The molecule has 0 aromatic carbocycles. The highest BCUT2D eigenvalue weighted by Gasteiger charge is 2.29. The Hall–Kier alpha value is -1.06. The largest absolute Gasteiger partial charge is 0.459 e. The smallest absolute Gasteiger partial charge is 0.397 e. The van der Waals surface area contributed by atoms with Gasteiger partial charge in [-0.3, -0.25) is 4.79 Å².